The van der Waals surface area contributed by atoms with Crippen molar-refractivity contribution in [3.05, 3.63) is 35.9 Å². The van der Waals surface area contributed by atoms with Crippen LogP contribution in [0.15, 0.2) is 30.3 Å². The van der Waals surface area contributed by atoms with Gasteiger partial charge in [0.25, 0.3) is 0 Å². The predicted molar refractivity (Wildman–Crippen MR) is 42.3 cm³/mol. The van der Waals surface area contributed by atoms with Crippen LogP contribution >= 0.6 is 0 Å². The van der Waals surface area contributed by atoms with Crippen LogP contribution < -0.4 is 11.5 Å². The van der Waals surface area contributed by atoms with Crippen molar-refractivity contribution in [1.29, 1.82) is 0 Å². The third-order valence-electron chi connectivity index (χ3n) is 1.31. The lowest BCUT2D eigenvalue weighted by atomic mass is 10.1. The highest BCUT2D eigenvalue weighted by Gasteiger charge is 1.94. The van der Waals surface area contributed by atoms with Crippen molar-refractivity contribution in [3.63, 3.8) is 0 Å². The average molecular weight is 136 g/mol. The Hall–Kier alpha value is -0.860. The van der Waals surface area contributed by atoms with E-state index in [1.807, 2.05) is 30.3 Å². The van der Waals surface area contributed by atoms with Crippen molar-refractivity contribution in [2.24, 2.45) is 11.5 Å². The number of rotatable bonds is 2. The molecule has 1 aromatic rings. The minimum Gasteiger partial charge on any atom is -0.316 e. The highest BCUT2D eigenvalue weighted by molar-refractivity contribution is 5.15. The van der Waals surface area contributed by atoms with E-state index in [2.05, 4.69) is 0 Å². The van der Waals surface area contributed by atoms with Crippen molar-refractivity contribution in [2.45, 2.75) is 12.6 Å². The van der Waals surface area contributed by atoms with Crippen LogP contribution in [0.5, 0.6) is 0 Å². The number of hydrogen-bond acceptors (Lipinski definition) is 2. The largest absolute Gasteiger partial charge is 0.316 e. The molecule has 0 saturated heterocycles. The Labute approximate surface area is 60.8 Å². The summed E-state index contributed by atoms with van der Waals surface area (Å²) < 4.78 is 0. The Morgan fingerprint density at radius 2 is 1.70 bits per heavy atom. The molecule has 2 nitrogen and oxygen atoms in total. The van der Waals surface area contributed by atoms with Crippen molar-refractivity contribution in [2.75, 3.05) is 0 Å². The average Bonchev–Trinajstić information content (AvgIpc) is 1.88. The molecule has 0 unspecified atom stereocenters. The molecule has 0 aliphatic heterocycles. The van der Waals surface area contributed by atoms with Crippen LogP contribution in [0.25, 0.3) is 0 Å². The molecule has 0 aliphatic carbocycles. The van der Waals surface area contributed by atoms with E-state index in [4.69, 9.17) is 11.5 Å². The van der Waals surface area contributed by atoms with E-state index in [0.717, 1.165) is 6.42 Å². The Morgan fingerprint density at radius 3 is 2.20 bits per heavy atom. The fourth-order valence-electron chi connectivity index (χ4n) is 0.886. The smallest absolute Gasteiger partial charge is 0.0562 e. The summed E-state index contributed by atoms with van der Waals surface area (Å²) in [7, 11) is 0. The second kappa shape index (κ2) is 3.34. The van der Waals surface area contributed by atoms with Gasteiger partial charge in [0.1, 0.15) is 0 Å². The van der Waals surface area contributed by atoms with E-state index in [0.29, 0.717) is 0 Å². The Morgan fingerprint density at radius 1 is 1.10 bits per heavy atom. The van der Waals surface area contributed by atoms with Gasteiger partial charge in [-0.15, -0.1) is 0 Å². The zero-order valence-electron chi connectivity index (χ0n) is 5.83. The maximum absolute atomic E-state index is 5.40. The van der Waals surface area contributed by atoms with Crippen LogP contribution in [0.1, 0.15) is 5.56 Å². The van der Waals surface area contributed by atoms with Gasteiger partial charge in [-0.3, -0.25) is 0 Å². The van der Waals surface area contributed by atoms with Gasteiger partial charge in [0.15, 0.2) is 0 Å². The maximum Gasteiger partial charge on any atom is 0.0562 e. The molecule has 1 rings (SSSR count). The minimum atomic E-state index is -0.234. The topological polar surface area (TPSA) is 52.0 Å². The van der Waals surface area contributed by atoms with E-state index in [1.165, 1.54) is 5.56 Å². The van der Waals surface area contributed by atoms with Crippen LogP contribution in [-0.2, 0) is 6.42 Å². The molecule has 0 bridgehead atoms. The van der Waals surface area contributed by atoms with Gasteiger partial charge in [-0.1, -0.05) is 30.3 Å². The van der Waals surface area contributed by atoms with Crippen LogP contribution in [-0.4, -0.2) is 6.17 Å². The van der Waals surface area contributed by atoms with E-state index >= 15 is 0 Å². The van der Waals surface area contributed by atoms with Crippen LogP contribution in [0.2, 0.25) is 0 Å². The zero-order valence-corrected chi connectivity index (χ0v) is 5.83. The van der Waals surface area contributed by atoms with E-state index in [9.17, 15) is 0 Å². The molecule has 0 saturated carbocycles. The quantitative estimate of drug-likeness (QED) is 0.581. The lowest BCUT2D eigenvalue weighted by Gasteiger charge is -2.03. The Bertz CT molecular complexity index is 182. The molecular weight excluding hydrogens is 124 g/mol. The number of nitrogens with two attached hydrogens (primary N) is 2. The first-order valence-corrected chi connectivity index (χ1v) is 3.34. The molecule has 0 atom stereocenters. The fraction of sp³-hybridized carbons (Fsp3) is 0.250. The third-order valence-corrected chi connectivity index (χ3v) is 1.31. The van der Waals surface area contributed by atoms with Crippen LogP contribution in [0.4, 0.5) is 0 Å². The monoisotopic (exact) mass is 136 g/mol. The van der Waals surface area contributed by atoms with Gasteiger partial charge in [-0.2, -0.15) is 0 Å². The van der Waals surface area contributed by atoms with Crippen LogP contribution in [0, 0.1) is 0 Å². The summed E-state index contributed by atoms with van der Waals surface area (Å²) in [6.45, 7) is 0. The lowest BCUT2D eigenvalue weighted by molar-refractivity contribution is 0.703. The van der Waals surface area contributed by atoms with Gasteiger partial charge < -0.3 is 11.5 Å². The summed E-state index contributed by atoms with van der Waals surface area (Å²) >= 11 is 0. The first-order chi connectivity index (χ1) is 4.79. The highest BCUT2D eigenvalue weighted by Crippen LogP contribution is 1.98. The molecule has 0 heterocycles. The zero-order chi connectivity index (χ0) is 7.40. The summed E-state index contributed by atoms with van der Waals surface area (Å²) in [5.74, 6) is 0. The van der Waals surface area contributed by atoms with E-state index < -0.39 is 0 Å². The van der Waals surface area contributed by atoms with Gasteiger partial charge in [0.05, 0.1) is 6.17 Å². The highest BCUT2D eigenvalue weighted by atomic mass is 14.8. The van der Waals surface area contributed by atoms with Crippen molar-refractivity contribution in [1.82, 2.24) is 0 Å². The molecule has 2 heteroatoms. The summed E-state index contributed by atoms with van der Waals surface area (Å²) in [5.41, 5.74) is 12.0. The molecule has 0 spiro atoms. The number of benzene rings is 1. The second-order valence-corrected chi connectivity index (χ2v) is 2.35. The fourth-order valence-corrected chi connectivity index (χ4v) is 0.886. The first-order valence-electron chi connectivity index (χ1n) is 3.34. The van der Waals surface area contributed by atoms with Crippen LogP contribution in [0.3, 0.4) is 0 Å². The molecule has 0 amide bonds. The SMILES string of the molecule is NC(N)Cc1ccccc1. The molecule has 10 heavy (non-hydrogen) atoms. The van der Waals surface area contributed by atoms with Gasteiger partial charge >= 0.3 is 0 Å². The predicted octanol–water partition coefficient (Wildman–Crippen LogP) is 0.473. The Kier molecular flexibility index (Phi) is 2.42. The third kappa shape index (κ3) is 2.17. The molecule has 1 aromatic carbocycles. The normalized spacial score (nSPS) is 10.3. The van der Waals surface area contributed by atoms with Crippen molar-refractivity contribution >= 4 is 0 Å². The van der Waals surface area contributed by atoms with Gasteiger partial charge in [0, 0.05) is 6.42 Å². The lowest BCUT2D eigenvalue weighted by Crippen LogP contribution is -2.32. The molecule has 0 aliphatic rings. The van der Waals surface area contributed by atoms with Gasteiger partial charge in [-0.25, -0.2) is 0 Å². The summed E-state index contributed by atoms with van der Waals surface area (Å²) in [6.07, 6.45) is 0.517. The maximum atomic E-state index is 5.40. The first kappa shape index (κ1) is 7.25. The minimum absolute atomic E-state index is 0.234. The summed E-state index contributed by atoms with van der Waals surface area (Å²) in [5, 5.41) is 0. The standard InChI is InChI=1S/C8H12N2/c9-8(10)6-7-4-2-1-3-5-7/h1-5,8H,6,9-10H2. The summed E-state index contributed by atoms with van der Waals surface area (Å²) in [4.78, 5) is 0. The molecular formula is C8H12N2. The molecule has 54 valence electrons. The molecule has 0 fully saturated rings. The molecule has 0 aromatic heterocycles. The van der Waals surface area contributed by atoms with E-state index in [1.54, 1.807) is 0 Å². The van der Waals surface area contributed by atoms with Crippen molar-refractivity contribution in [3.8, 4) is 0 Å². The summed E-state index contributed by atoms with van der Waals surface area (Å²) in [6, 6.07) is 9.99. The van der Waals surface area contributed by atoms with Gasteiger partial charge in [-0.05, 0) is 5.56 Å². The Balaban J connectivity index is 2.59. The number of hydrogen-bond donors (Lipinski definition) is 2. The second-order valence-electron chi connectivity index (χ2n) is 2.35. The van der Waals surface area contributed by atoms with E-state index in [-0.39, 0.29) is 6.17 Å². The molecule has 4 N–H and O–H groups in total. The van der Waals surface area contributed by atoms with Crippen molar-refractivity contribution < 1.29 is 0 Å². The van der Waals surface area contributed by atoms with Gasteiger partial charge in [0.2, 0.25) is 0 Å². The molecule has 0 radical (unpaired) electrons.